The van der Waals surface area contributed by atoms with Crippen LogP contribution in [0.4, 0.5) is 0 Å². The molecule has 0 radical (unpaired) electrons. The molecule has 0 unspecified atom stereocenters. The van der Waals surface area contributed by atoms with E-state index < -0.39 is 5.97 Å². The molecule has 1 aromatic heterocycles. The first-order valence-corrected chi connectivity index (χ1v) is 7.88. The van der Waals surface area contributed by atoms with E-state index in [0.717, 1.165) is 22.1 Å². The number of carbonyl (C=O) groups is 2. The number of nitrogens with one attached hydrogen (secondary N) is 1. The molecule has 2 N–H and O–H groups in total. The van der Waals surface area contributed by atoms with Crippen LogP contribution >= 0.6 is 0 Å². The summed E-state index contributed by atoms with van der Waals surface area (Å²) in [5.41, 5.74) is 4.40. The van der Waals surface area contributed by atoms with Gasteiger partial charge in [-0.3, -0.25) is 4.79 Å². The summed E-state index contributed by atoms with van der Waals surface area (Å²) in [6.07, 6.45) is 0.105. The van der Waals surface area contributed by atoms with Crippen LogP contribution in [0.1, 0.15) is 32.7 Å². The van der Waals surface area contributed by atoms with E-state index in [1.807, 2.05) is 26.0 Å². The van der Waals surface area contributed by atoms with Crippen LogP contribution in [0.5, 0.6) is 0 Å². The van der Waals surface area contributed by atoms with Crippen molar-refractivity contribution in [2.45, 2.75) is 26.8 Å². The molecule has 0 aliphatic heterocycles. The van der Waals surface area contributed by atoms with Gasteiger partial charge < -0.3 is 14.9 Å². The second kappa shape index (κ2) is 6.76. The number of benzene rings is 2. The van der Waals surface area contributed by atoms with Gasteiger partial charge in [-0.05, 0) is 54.8 Å². The number of rotatable bonds is 5. The Morgan fingerprint density at radius 3 is 2.68 bits per heavy atom. The summed E-state index contributed by atoms with van der Waals surface area (Å²) in [4.78, 5) is 23.2. The maximum atomic E-state index is 12.2. The summed E-state index contributed by atoms with van der Waals surface area (Å²) in [5, 5.41) is 16.6. The summed E-state index contributed by atoms with van der Waals surface area (Å²) in [6, 6.07) is 10.4. The van der Waals surface area contributed by atoms with Crippen molar-refractivity contribution in [3.8, 4) is 0 Å². The first-order chi connectivity index (χ1) is 11.9. The molecule has 3 rings (SSSR count). The van der Waals surface area contributed by atoms with Crippen LogP contribution in [0.3, 0.4) is 0 Å². The van der Waals surface area contributed by atoms with E-state index in [2.05, 4.69) is 10.5 Å². The molecule has 0 fully saturated rings. The number of nitrogens with zero attached hydrogens (tertiary/aromatic N) is 1. The number of hydrogen-bond donors (Lipinski definition) is 2. The Morgan fingerprint density at radius 2 is 1.92 bits per heavy atom. The zero-order valence-corrected chi connectivity index (χ0v) is 14.0. The van der Waals surface area contributed by atoms with Crippen molar-refractivity contribution in [3.63, 3.8) is 0 Å². The van der Waals surface area contributed by atoms with Crippen LogP contribution < -0.4 is 5.32 Å². The number of carboxylic acids is 1. The van der Waals surface area contributed by atoms with Crippen LogP contribution in [0.15, 0.2) is 40.9 Å². The first-order valence-electron chi connectivity index (χ1n) is 7.88. The summed E-state index contributed by atoms with van der Waals surface area (Å²) in [5.74, 6) is -1.19. The maximum Gasteiger partial charge on any atom is 0.335 e. The molecule has 6 nitrogen and oxygen atoms in total. The molecule has 0 saturated heterocycles. The number of carbonyl (C=O) groups excluding carboxylic acids is 1. The highest BCUT2D eigenvalue weighted by Gasteiger charge is 2.13. The lowest BCUT2D eigenvalue weighted by molar-refractivity contribution is -0.120. The van der Waals surface area contributed by atoms with Crippen LogP contribution in [0.2, 0.25) is 0 Å². The second-order valence-electron chi connectivity index (χ2n) is 6.02. The van der Waals surface area contributed by atoms with E-state index in [-0.39, 0.29) is 24.4 Å². The number of aromatic nitrogens is 1. The monoisotopic (exact) mass is 338 g/mol. The number of amides is 1. The van der Waals surface area contributed by atoms with Gasteiger partial charge in [-0.2, -0.15) is 0 Å². The van der Waals surface area contributed by atoms with E-state index in [1.165, 1.54) is 6.07 Å². The van der Waals surface area contributed by atoms with Gasteiger partial charge in [0.2, 0.25) is 5.91 Å². The zero-order valence-electron chi connectivity index (χ0n) is 14.0. The van der Waals surface area contributed by atoms with Gasteiger partial charge in [0.05, 0.1) is 12.0 Å². The Hall–Kier alpha value is -3.15. The van der Waals surface area contributed by atoms with Crippen molar-refractivity contribution in [3.05, 3.63) is 64.3 Å². The fraction of sp³-hybridized carbons (Fsp3) is 0.211. The predicted molar refractivity (Wildman–Crippen MR) is 92.4 cm³/mol. The number of aromatic carboxylic acids is 1. The fourth-order valence-electron chi connectivity index (χ4n) is 2.60. The molecule has 1 amide bonds. The Labute approximate surface area is 144 Å². The number of fused-ring (bicyclic) bond motifs is 1. The zero-order chi connectivity index (χ0) is 18.0. The minimum Gasteiger partial charge on any atom is -0.478 e. The normalized spacial score (nSPS) is 10.8. The molecule has 0 bridgehead atoms. The van der Waals surface area contributed by atoms with Crippen LogP contribution in [0.25, 0.3) is 11.0 Å². The average Bonchev–Trinajstić information content (AvgIpc) is 2.95. The van der Waals surface area contributed by atoms with Gasteiger partial charge in [-0.15, -0.1) is 0 Å². The fourth-order valence-corrected chi connectivity index (χ4v) is 2.60. The molecule has 0 spiro atoms. The standard InChI is InChI=1S/C19H18N2O4/c1-11-6-15-16(21-25-17(15)7-12(11)2)9-18(22)20-10-13-4-3-5-14(8-13)19(23)24/h3-8H,9-10H2,1-2H3,(H,20,22)(H,23,24). The van der Waals surface area contributed by atoms with Crippen molar-refractivity contribution in [2.75, 3.05) is 0 Å². The largest absolute Gasteiger partial charge is 0.478 e. The molecule has 0 aliphatic carbocycles. The van der Waals surface area contributed by atoms with E-state index >= 15 is 0 Å². The molecule has 1 heterocycles. The SMILES string of the molecule is Cc1cc2onc(CC(=O)NCc3cccc(C(=O)O)c3)c2cc1C. The number of carboxylic acid groups (broad SMARTS) is 1. The van der Waals surface area contributed by atoms with Gasteiger partial charge in [-0.25, -0.2) is 4.79 Å². The minimum absolute atomic E-state index is 0.105. The van der Waals surface area contributed by atoms with Gasteiger partial charge >= 0.3 is 5.97 Å². The summed E-state index contributed by atoms with van der Waals surface area (Å²) in [6.45, 7) is 4.25. The Balaban J connectivity index is 1.68. The molecule has 25 heavy (non-hydrogen) atoms. The van der Waals surface area contributed by atoms with Crippen LogP contribution in [0, 0.1) is 13.8 Å². The van der Waals surface area contributed by atoms with E-state index in [0.29, 0.717) is 11.3 Å². The summed E-state index contributed by atoms with van der Waals surface area (Å²) in [7, 11) is 0. The van der Waals surface area contributed by atoms with Crippen molar-refractivity contribution in [1.29, 1.82) is 0 Å². The lowest BCUT2D eigenvalue weighted by Gasteiger charge is -2.05. The van der Waals surface area contributed by atoms with Crippen molar-refractivity contribution in [2.24, 2.45) is 0 Å². The molecular weight excluding hydrogens is 320 g/mol. The molecule has 0 atom stereocenters. The molecule has 3 aromatic rings. The van der Waals surface area contributed by atoms with Gasteiger partial charge in [0.15, 0.2) is 5.58 Å². The Morgan fingerprint density at radius 1 is 1.16 bits per heavy atom. The van der Waals surface area contributed by atoms with E-state index in [1.54, 1.807) is 18.2 Å². The number of hydrogen-bond acceptors (Lipinski definition) is 4. The molecule has 2 aromatic carbocycles. The van der Waals surface area contributed by atoms with Crippen molar-refractivity contribution < 1.29 is 19.2 Å². The minimum atomic E-state index is -0.993. The van der Waals surface area contributed by atoms with Gasteiger partial charge in [0, 0.05) is 11.9 Å². The first kappa shape index (κ1) is 16.7. The molecule has 0 aliphatic rings. The molecule has 0 saturated carbocycles. The van der Waals surface area contributed by atoms with Crippen molar-refractivity contribution >= 4 is 22.8 Å². The Kier molecular flexibility index (Phi) is 4.52. The average molecular weight is 338 g/mol. The highest BCUT2D eigenvalue weighted by molar-refractivity contribution is 5.88. The van der Waals surface area contributed by atoms with Crippen LogP contribution in [-0.4, -0.2) is 22.1 Å². The maximum absolute atomic E-state index is 12.2. The molecule has 6 heteroatoms. The smallest absolute Gasteiger partial charge is 0.335 e. The van der Waals surface area contributed by atoms with Crippen LogP contribution in [-0.2, 0) is 17.8 Å². The molecular formula is C19H18N2O4. The summed E-state index contributed by atoms with van der Waals surface area (Å²) >= 11 is 0. The lowest BCUT2D eigenvalue weighted by atomic mass is 10.1. The number of aryl methyl sites for hydroxylation is 2. The Bertz CT molecular complexity index is 959. The predicted octanol–water partition coefficient (Wildman–Crippen LogP) is 3.00. The quantitative estimate of drug-likeness (QED) is 0.746. The van der Waals surface area contributed by atoms with Gasteiger partial charge in [0.25, 0.3) is 0 Å². The highest BCUT2D eigenvalue weighted by Crippen LogP contribution is 2.23. The highest BCUT2D eigenvalue weighted by atomic mass is 16.5. The topological polar surface area (TPSA) is 92.4 Å². The second-order valence-corrected chi connectivity index (χ2v) is 6.02. The third kappa shape index (κ3) is 3.68. The van der Waals surface area contributed by atoms with Crippen molar-refractivity contribution in [1.82, 2.24) is 10.5 Å². The third-order valence-corrected chi connectivity index (χ3v) is 4.15. The van der Waals surface area contributed by atoms with Gasteiger partial charge in [-0.1, -0.05) is 17.3 Å². The lowest BCUT2D eigenvalue weighted by Crippen LogP contribution is -2.24. The van der Waals surface area contributed by atoms with E-state index in [4.69, 9.17) is 9.63 Å². The van der Waals surface area contributed by atoms with Gasteiger partial charge in [0.1, 0.15) is 5.69 Å². The van der Waals surface area contributed by atoms with E-state index in [9.17, 15) is 9.59 Å². The summed E-state index contributed by atoms with van der Waals surface area (Å²) < 4.78 is 5.30. The third-order valence-electron chi connectivity index (χ3n) is 4.15. The molecule has 128 valence electrons.